The minimum Gasteiger partial charge on any atom is -0.445 e. The molecule has 6 heteroatoms. The van der Waals surface area contributed by atoms with Crippen LogP contribution in [0.25, 0.3) is 0 Å². The highest BCUT2D eigenvalue weighted by atomic mass is 31.2. The number of esters is 1. The Morgan fingerprint density at radius 1 is 1.44 bits per heavy atom. The summed E-state index contributed by atoms with van der Waals surface area (Å²) in [6.07, 6.45) is 4.56. The third-order valence-corrected chi connectivity index (χ3v) is 4.50. The quantitative estimate of drug-likeness (QED) is 0.425. The highest BCUT2D eigenvalue weighted by Gasteiger charge is 2.40. The maximum atomic E-state index is 12.2. The summed E-state index contributed by atoms with van der Waals surface area (Å²) in [5.74, 6) is -1.39. The van der Waals surface area contributed by atoms with E-state index in [9.17, 15) is 9.36 Å². The first-order valence-electron chi connectivity index (χ1n) is 5.11. The van der Waals surface area contributed by atoms with Gasteiger partial charge in [-0.15, -0.1) is 0 Å². The van der Waals surface area contributed by atoms with Crippen molar-refractivity contribution in [2.75, 3.05) is 14.2 Å². The van der Waals surface area contributed by atoms with Gasteiger partial charge in [0.1, 0.15) is 0 Å². The summed E-state index contributed by atoms with van der Waals surface area (Å²) in [4.78, 5) is 11.0. The molecule has 1 aliphatic carbocycles. The van der Waals surface area contributed by atoms with Gasteiger partial charge in [0.25, 0.3) is 0 Å². The summed E-state index contributed by atoms with van der Waals surface area (Å²) >= 11 is 0. The summed E-state index contributed by atoms with van der Waals surface area (Å²) in [6.45, 7) is 1.28. The van der Waals surface area contributed by atoms with Gasteiger partial charge in [-0.1, -0.05) is 6.08 Å². The van der Waals surface area contributed by atoms with E-state index in [-0.39, 0.29) is 0 Å². The normalized spacial score (nSPS) is 18.1. The molecule has 0 N–H and O–H groups in total. The Kier molecular flexibility index (Phi) is 4.71. The average molecular weight is 248 g/mol. The van der Waals surface area contributed by atoms with E-state index >= 15 is 0 Å². The van der Waals surface area contributed by atoms with E-state index in [0.717, 1.165) is 24.8 Å². The van der Waals surface area contributed by atoms with Crippen molar-refractivity contribution in [3.8, 4) is 0 Å². The Hall–Kier alpha value is -0.640. The van der Waals surface area contributed by atoms with E-state index in [1.165, 1.54) is 21.1 Å². The molecule has 0 fully saturated rings. The number of hydrogen-bond donors (Lipinski definition) is 0. The predicted octanol–water partition coefficient (Wildman–Crippen LogP) is 2.47. The first-order chi connectivity index (χ1) is 7.53. The van der Waals surface area contributed by atoms with Crippen molar-refractivity contribution in [2.45, 2.75) is 32.0 Å². The molecule has 0 aromatic rings. The standard InChI is InChI=1S/C10H17O5P/c1-8(11)15-10(9-6-4-5-7-9)16(12,13-2)14-3/h6,10H,4-5,7H2,1-3H3/t10-/m0/s1. The van der Waals surface area contributed by atoms with Crippen molar-refractivity contribution in [1.82, 2.24) is 0 Å². The van der Waals surface area contributed by atoms with Gasteiger partial charge in [-0.3, -0.25) is 9.36 Å². The number of ether oxygens (including phenoxy) is 1. The highest BCUT2D eigenvalue weighted by Crippen LogP contribution is 2.56. The van der Waals surface area contributed by atoms with Gasteiger partial charge in [-0.2, -0.15) is 0 Å². The van der Waals surface area contributed by atoms with Crippen LogP contribution in [0.1, 0.15) is 26.2 Å². The van der Waals surface area contributed by atoms with Crippen LogP contribution in [-0.4, -0.2) is 26.0 Å². The zero-order valence-corrected chi connectivity index (χ0v) is 10.7. The Morgan fingerprint density at radius 3 is 2.44 bits per heavy atom. The molecule has 5 nitrogen and oxygen atoms in total. The molecule has 0 spiro atoms. The van der Waals surface area contributed by atoms with Gasteiger partial charge < -0.3 is 13.8 Å². The maximum absolute atomic E-state index is 12.2. The lowest BCUT2D eigenvalue weighted by Crippen LogP contribution is -2.20. The van der Waals surface area contributed by atoms with Gasteiger partial charge in [0, 0.05) is 21.1 Å². The topological polar surface area (TPSA) is 61.8 Å². The van der Waals surface area contributed by atoms with Crippen molar-refractivity contribution < 1.29 is 23.1 Å². The molecule has 1 rings (SSSR count). The molecule has 0 radical (unpaired) electrons. The van der Waals surface area contributed by atoms with Crippen LogP contribution in [0.5, 0.6) is 0 Å². The van der Waals surface area contributed by atoms with Gasteiger partial charge >= 0.3 is 13.6 Å². The predicted molar refractivity (Wildman–Crippen MR) is 59.1 cm³/mol. The molecule has 0 bridgehead atoms. The van der Waals surface area contributed by atoms with E-state index < -0.39 is 19.4 Å². The lowest BCUT2D eigenvalue weighted by Gasteiger charge is -2.24. The molecule has 0 unspecified atom stereocenters. The molecular formula is C10H17O5P. The van der Waals surface area contributed by atoms with Crippen LogP contribution in [0.15, 0.2) is 11.6 Å². The third-order valence-electron chi connectivity index (χ3n) is 2.47. The molecule has 0 aromatic heterocycles. The molecule has 0 saturated carbocycles. The van der Waals surface area contributed by atoms with Crippen molar-refractivity contribution >= 4 is 13.6 Å². The Bertz CT molecular complexity index is 328. The van der Waals surface area contributed by atoms with Gasteiger partial charge in [0.05, 0.1) is 0 Å². The Balaban J connectivity index is 2.94. The number of carbonyl (C=O) groups excluding carboxylic acids is 1. The summed E-state index contributed by atoms with van der Waals surface area (Å²) in [6, 6.07) is 0. The second kappa shape index (κ2) is 5.62. The minimum atomic E-state index is -3.41. The summed E-state index contributed by atoms with van der Waals surface area (Å²) in [5.41, 5.74) is 0.822. The molecule has 1 atom stereocenters. The molecule has 92 valence electrons. The monoisotopic (exact) mass is 248 g/mol. The zero-order chi connectivity index (χ0) is 12.2. The molecule has 0 saturated heterocycles. The van der Waals surface area contributed by atoms with E-state index in [2.05, 4.69) is 0 Å². The summed E-state index contributed by atoms with van der Waals surface area (Å²) in [5, 5.41) is 0. The summed E-state index contributed by atoms with van der Waals surface area (Å²) < 4.78 is 27.0. The lowest BCUT2D eigenvalue weighted by atomic mass is 10.2. The molecule has 1 aliphatic rings. The minimum absolute atomic E-state index is 0.493. The number of carbonyl (C=O) groups is 1. The second-order valence-electron chi connectivity index (χ2n) is 3.54. The van der Waals surface area contributed by atoms with Crippen molar-refractivity contribution in [2.24, 2.45) is 0 Å². The van der Waals surface area contributed by atoms with Crippen LogP contribution in [0.4, 0.5) is 0 Å². The SMILES string of the molecule is COP(=O)(OC)[C@H](OC(C)=O)C1=CCCC1. The van der Waals surface area contributed by atoms with Crippen LogP contribution in [-0.2, 0) is 23.1 Å². The molecule has 16 heavy (non-hydrogen) atoms. The van der Waals surface area contributed by atoms with E-state index in [1.54, 1.807) is 0 Å². The maximum Gasteiger partial charge on any atom is 0.374 e. The fourth-order valence-corrected chi connectivity index (χ4v) is 3.14. The Morgan fingerprint density at radius 2 is 2.06 bits per heavy atom. The molecule has 0 heterocycles. The molecule has 0 amide bonds. The Labute approximate surface area is 95.3 Å². The molecule has 0 aromatic carbocycles. The van der Waals surface area contributed by atoms with E-state index in [1.807, 2.05) is 6.08 Å². The summed E-state index contributed by atoms with van der Waals surface area (Å²) in [7, 11) is -0.830. The largest absolute Gasteiger partial charge is 0.445 e. The highest BCUT2D eigenvalue weighted by molar-refractivity contribution is 7.54. The zero-order valence-electron chi connectivity index (χ0n) is 9.76. The molecular weight excluding hydrogens is 231 g/mol. The fourth-order valence-electron chi connectivity index (χ4n) is 1.69. The number of hydrogen-bond acceptors (Lipinski definition) is 5. The van der Waals surface area contributed by atoms with Crippen molar-refractivity contribution in [3.05, 3.63) is 11.6 Å². The van der Waals surface area contributed by atoms with Gasteiger partial charge in [0.15, 0.2) is 0 Å². The number of allylic oxidation sites excluding steroid dienone is 1. The second-order valence-corrected chi connectivity index (χ2v) is 5.82. The van der Waals surface area contributed by atoms with Gasteiger partial charge in [0.2, 0.25) is 5.85 Å². The van der Waals surface area contributed by atoms with Crippen molar-refractivity contribution in [3.63, 3.8) is 0 Å². The third kappa shape index (κ3) is 2.94. The van der Waals surface area contributed by atoms with Crippen molar-refractivity contribution in [1.29, 1.82) is 0 Å². The number of rotatable bonds is 5. The first-order valence-corrected chi connectivity index (χ1v) is 6.72. The molecule has 0 aliphatic heterocycles. The van der Waals surface area contributed by atoms with Gasteiger partial charge in [-0.05, 0) is 24.8 Å². The van der Waals surface area contributed by atoms with E-state index in [0.29, 0.717) is 0 Å². The average Bonchev–Trinajstić information content (AvgIpc) is 2.78. The van der Waals surface area contributed by atoms with Crippen LogP contribution in [0, 0.1) is 0 Å². The first kappa shape index (κ1) is 13.4. The van der Waals surface area contributed by atoms with Crippen LogP contribution in [0.2, 0.25) is 0 Å². The van der Waals surface area contributed by atoms with Gasteiger partial charge in [-0.25, -0.2) is 0 Å². The van der Waals surface area contributed by atoms with Crippen LogP contribution < -0.4 is 0 Å². The van der Waals surface area contributed by atoms with Crippen LogP contribution in [0.3, 0.4) is 0 Å². The van der Waals surface area contributed by atoms with Crippen LogP contribution >= 0.6 is 7.60 Å². The van der Waals surface area contributed by atoms with E-state index in [4.69, 9.17) is 13.8 Å². The smallest absolute Gasteiger partial charge is 0.374 e. The lowest BCUT2D eigenvalue weighted by molar-refractivity contribution is -0.142. The fraction of sp³-hybridized carbons (Fsp3) is 0.700.